The van der Waals surface area contributed by atoms with E-state index in [4.69, 9.17) is 0 Å². The van der Waals surface area contributed by atoms with E-state index in [0.717, 1.165) is 25.9 Å². The molecule has 2 heterocycles. The molecule has 0 spiro atoms. The van der Waals surface area contributed by atoms with Gasteiger partial charge in [-0.05, 0) is 24.3 Å². The maximum absolute atomic E-state index is 12.1. The summed E-state index contributed by atoms with van der Waals surface area (Å²) in [5.74, 6) is 0.835. The summed E-state index contributed by atoms with van der Waals surface area (Å²) in [5, 5.41) is 6.34. The fourth-order valence-corrected chi connectivity index (χ4v) is 2.60. The van der Waals surface area contributed by atoms with Crippen LogP contribution in [0.3, 0.4) is 0 Å². The highest BCUT2D eigenvalue weighted by atomic mass is 16.2. The van der Waals surface area contributed by atoms with Gasteiger partial charge in [0.15, 0.2) is 0 Å². The number of likely N-dealkylation sites (tertiary alicyclic amines) is 1. The number of carbonyl (C=O) groups excluding carboxylic acids is 1. The molecule has 19 heavy (non-hydrogen) atoms. The highest BCUT2D eigenvalue weighted by Crippen LogP contribution is 2.27. The van der Waals surface area contributed by atoms with Gasteiger partial charge in [-0.3, -0.25) is 9.89 Å². The molecule has 0 bridgehead atoms. The molecule has 3 rings (SSSR count). The Kier molecular flexibility index (Phi) is 3.27. The Balaban J connectivity index is 1.62. The summed E-state index contributed by atoms with van der Waals surface area (Å²) < 4.78 is 0. The van der Waals surface area contributed by atoms with Crippen molar-refractivity contribution in [3.8, 4) is 0 Å². The van der Waals surface area contributed by atoms with Crippen molar-refractivity contribution >= 4 is 5.91 Å². The van der Waals surface area contributed by atoms with E-state index in [1.807, 2.05) is 11.0 Å². The molecule has 0 atom stereocenters. The number of aromatic amines is 1. The second-order valence-electron chi connectivity index (χ2n) is 4.81. The molecule has 5 nitrogen and oxygen atoms in total. The number of piperidine rings is 1. The van der Waals surface area contributed by atoms with Gasteiger partial charge >= 0.3 is 0 Å². The number of H-pyrrole nitrogens is 1. The lowest BCUT2D eigenvalue weighted by atomic mass is 9.89. The predicted molar refractivity (Wildman–Crippen MR) is 70.7 cm³/mol. The summed E-state index contributed by atoms with van der Waals surface area (Å²) >= 11 is 0. The molecular formula is C14H16N4O. The Hall–Kier alpha value is -2.17. The number of benzene rings is 1. The van der Waals surface area contributed by atoms with Crippen LogP contribution in [0, 0.1) is 0 Å². The fourth-order valence-electron chi connectivity index (χ4n) is 2.60. The molecule has 5 heteroatoms. The molecule has 98 valence electrons. The summed E-state index contributed by atoms with van der Waals surface area (Å²) in [4.78, 5) is 17.9. The van der Waals surface area contributed by atoms with Gasteiger partial charge < -0.3 is 4.90 Å². The molecular weight excluding hydrogens is 240 g/mol. The zero-order valence-electron chi connectivity index (χ0n) is 10.6. The van der Waals surface area contributed by atoms with E-state index in [-0.39, 0.29) is 5.91 Å². The number of aromatic nitrogens is 3. The highest BCUT2D eigenvalue weighted by molar-refractivity contribution is 5.90. The molecule has 1 aliphatic rings. The Morgan fingerprint density at radius 3 is 2.58 bits per heavy atom. The maximum atomic E-state index is 12.1. The monoisotopic (exact) mass is 256 g/mol. The van der Waals surface area contributed by atoms with Crippen LogP contribution in [0.2, 0.25) is 0 Å². The molecule has 2 aromatic rings. The summed E-state index contributed by atoms with van der Waals surface area (Å²) in [6, 6.07) is 10.5. The van der Waals surface area contributed by atoms with Gasteiger partial charge in [0, 0.05) is 13.1 Å². The van der Waals surface area contributed by atoms with Gasteiger partial charge in [0.05, 0.1) is 0 Å². The van der Waals surface area contributed by atoms with Crippen LogP contribution < -0.4 is 0 Å². The number of rotatable bonds is 2. The van der Waals surface area contributed by atoms with E-state index >= 15 is 0 Å². The molecule has 1 fully saturated rings. The molecule has 1 N–H and O–H groups in total. The summed E-state index contributed by atoms with van der Waals surface area (Å²) in [6.07, 6.45) is 3.37. The number of amides is 1. The van der Waals surface area contributed by atoms with Gasteiger partial charge in [-0.2, -0.15) is 5.10 Å². The van der Waals surface area contributed by atoms with Crippen LogP contribution in [0.4, 0.5) is 0 Å². The first-order valence-electron chi connectivity index (χ1n) is 6.54. The smallest absolute Gasteiger partial charge is 0.291 e. The van der Waals surface area contributed by atoms with E-state index < -0.39 is 0 Å². The second-order valence-corrected chi connectivity index (χ2v) is 4.81. The molecule has 1 aliphatic heterocycles. The zero-order chi connectivity index (χ0) is 13.1. The summed E-state index contributed by atoms with van der Waals surface area (Å²) in [5.41, 5.74) is 1.37. The summed E-state index contributed by atoms with van der Waals surface area (Å²) in [6.45, 7) is 1.55. The van der Waals surface area contributed by atoms with Crippen LogP contribution in [0.5, 0.6) is 0 Å². The quantitative estimate of drug-likeness (QED) is 0.891. The Labute approximate surface area is 111 Å². The third kappa shape index (κ3) is 2.50. The molecule has 0 radical (unpaired) electrons. The van der Waals surface area contributed by atoms with E-state index in [9.17, 15) is 4.79 Å². The van der Waals surface area contributed by atoms with Crippen LogP contribution in [0.1, 0.15) is 34.9 Å². The molecule has 0 unspecified atom stereocenters. The van der Waals surface area contributed by atoms with Gasteiger partial charge in [0.2, 0.25) is 5.82 Å². The minimum Gasteiger partial charge on any atom is -0.336 e. The normalized spacial score (nSPS) is 16.5. The Morgan fingerprint density at radius 2 is 1.95 bits per heavy atom. The van der Waals surface area contributed by atoms with Gasteiger partial charge in [0.1, 0.15) is 6.33 Å². The Morgan fingerprint density at radius 1 is 1.21 bits per heavy atom. The molecule has 1 aromatic carbocycles. The number of nitrogens with zero attached hydrogens (tertiary/aromatic N) is 3. The number of hydrogen-bond donors (Lipinski definition) is 1. The topological polar surface area (TPSA) is 61.9 Å². The first-order valence-corrected chi connectivity index (χ1v) is 6.54. The van der Waals surface area contributed by atoms with Crippen LogP contribution in [-0.2, 0) is 0 Å². The van der Waals surface area contributed by atoms with Gasteiger partial charge in [-0.1, -0.05) is 30.3 Å². The average molecular weight is 256 g/mol. The van der Waals surface area contributed by atoms with Crippen molar-refractivity contribution in [2.75, 3.05) is 13.1 Å². The number of nitrogens with one attached hydrogen (secondary N) is 1. The predicted octanol–water partition coefficient (Wildman–Crippen LogP) is 1.82. The third-order valence-electron chi connectivity index (χ3n) is 3.67. The minimum atomic E-state index is -0.0518. The Bertz CT molecular complexity index is 530. The lowest BCUT2D eigenvalue weighted by Gasteiger charge is -2.31. The number of carbonyl (C=O) groups is 1. The van der Waals surface area contributed by atoms with Gasteiger partial charge in [-0.25, -0.2) is 4.98 Å². The first-order chi connectivity index (χ1) is 9.34. The van der Waals surface area contributed by atoms with E-state index in [2.05, 4.69) is 39.4 Å². The average Bonchev–Trinajstić information content (AvgIpc) is 3.02. The molecule has 1 saturated heterocycles. The number of hydrogen-bond acceptors (Lipinski definition) is 3. The third-order valence-corrected chi connectivity index (χ3v) is 3.67. The van der Waals surface area contributed by atoms with Gasteiger partial charge in [-0.15, -0.1) is 0 Å². The molecule has 1 aromatic heterocycles. The lowest BCUT2D eigenvalue weighted by molar-refractivity contribution is 0.0701. The molecule has 0 aliphatic carbocycles. The maximum Gasteiger partial charge on any atom is 0.291 e. The highest BCUT2D eigenvalue weighted by Gasteiger charge is 2.25. The minimum absolute atomic E-state index is 0.0518. The van der Waals surface area contributed by atoms with Crippen molar-refractivity contribution in [1.29, 1.82) is 0 Å². The summed E-state index contributed by atoms with van der Waals surface area (Å²) in [7, 11) is 0. The van der Waals surface area contributed by atoms with Crippen molar-refractivity contribution in [3.63, 3.8) is 0 Å². The zero-order valence-corrected chi connectivity index (χ0v) is 10.6. The SMILES string of the molecule is O=C(c1ncn[nH]1)N1CCC(c2ccccc2)CC1. The van der Waals surface area contributed by atoms with Crippen molar-refractivity contribution in [3.05, 3.63) is 48.0 Å². The van der Waals surface area contributed by atoms with Crippen molar-refractivity contribution in [2.24, 2.45) is 0 Å². The van der Waals surface area contributed by atoms with Crippen molar-refractivity contribution < 1.29 is 4.79 Å². The lowest BCUT2D eigenvalue weighted by Crippen LogP contribution is -2.38. The second kappa shape index (κ2) is 5.22. The van der Waals surface area contributed by atoms with E-state index in [1.165, 1.54) is 11.9 Å². The molecule has 0 saturated carbocycles. The largest absolute Gasteiger partial charge is 0.336 e. The van der Waals surface area contributed by atoms with Crippen molar-refractivity contribution in [2.45, 2.75) is 18.8 Å². The van der Waals surface area contributed by atoms with Crippen LogP contribution in [-0.4, -0.2) is 39.1 Å². The van der Waals surface area contributed by atoms with E-state index in [1.54, 1.807) is 0 Å². The van der Waals surface area contributed by atoms with Crippen LogP contribution >= 0.6 is 0 Å². The molecule has 1 amide bonds. The van der Waals surface area contributed by atoms with E-state index in [0.29, 0.717) is 11.7 Å². The first kappa shape index (κ1) is 11.9. The standard InChI is InChI=1S/C14H16N4O/c19-14(13-15-10-16-17-13)18-8-6-12(7-9-18)11-4-2-1-3-5-11/h1-5,10,12H,6-9H2,(H,15,16,17). The van der Waals surface area contributed by atoms with Crippen LogP contribution in [0.15, 0.2) is 36.7 Å². The fraction of sp³-hybridized carbons (Fsp3) is 0.357. The van der Waals surface area contributed by atoms with Crippen molar-refractivity contribution in [1.82, 2.24) is 20.1 Å². The van der Waals surface area contributed by atoms with Gasteiger partial charge in [0.25, 0.3) is 5.91 Å². The van der Waals surface area contributed by atoms with Crippen LogP contribution in [0.25, 0.3) is 0 Å².